The van der Waals surface area contributed by atoms with E-state index in [0.29, 0.717) is 0 Å². The van der Waals surface area contributed by atoms with Gasteiger partial charge >= 0.3 is 5.97 Å². The highest BCUT2D eigenvalue weighted by Crippen LogP contribution is 2.20. The number of nitrogens with two attached hydrogens (primary N) is 1. The first-order valence-electron chi connectivity index (χ1n) is 3.03. The van der Waals surface area contributed by atoms with Crippen LogP contribution in [-0.4, -0.2) is 11.1 Å². The minimum Gasteiger partial charge on any atom is -0.478 e. The van der Waals surface area contributed by atoms with Gasteiger partial charge in [-0.2, -0.15) is 0 Å². The minimum absolute atomic E-state index is 0.0641. The van der Waals surface area contributed by atoms with Gasteiger partial charge in [-0.05, 0) is 12.1 Å². The molecule has 3 N–H and O–H groups in total. The van der Waals surface area contributed by atoms with E-state index in [1.54, 1.807) is 0 Å². The van der Waals surface area contributed by atoms with E-state index in [2.05, 4.69) is 12.6 Å². The van der Waals surface area contributed by atoms with Gasteiger partial charge in [0.05, 0.1) is 11.3 Å². The molecule has 0 amide bonds. The molecule has 0 spiro atoms. The van der Waals surface area contributed by atoms with Crippen LogP contribution in [0.4, 0.5) is 10.1 Å². The molecule has 0 fully saturated rings. The molecule has 0 heterocycles. The van der Waals surface area contributed by atoms with Crippen molar-refractivity contribution in [1.82, 2.24) is 0 Å². The van der Waals surface area contributed by atoms with Gasteiger partial charge in [0.25, 0.3) is 0 Å². The first-order valence-corrected chi connectivity index (χ1v) is 3.48. The highest BCUT2D eigenvalue weighted by atomic mass is 32.1. The van der Waals surface area contributed by atoms with E-state index in [-0.39, 0.29) is 16.1 Å². The summed E-state index contributed by atoms with van der Waals surface area (Å²) in [6, 6.07) is 2.02. The number of hydrogen-bond acceptors (Lipinski definition) is 3. The maximum Gasteiger partial charge on any atom is 0.336 e. The van der Waals surface area contributed by atoms with E-state index in [1.165, 1.54) is 0 Å². The van der Waals surface area contributed by atoms with Crippen molar-refractivity contribution in [3.05, 3.63) is 23.5 Å². The van der Waals surface area contributed by atoms with E-state index < -0.39 is 11.8 Å². The van der Waals surface area contributed by atoms with Crippen LogP contribution in [0.15, 0.2) is 17.0 Å². The lowest BCUT2D eigenvalue weighted by molar-refractivity contribution is 0.0693. The average Bonchev–Trinajstić information content (AvgIpc) is 1.96. The van der Waals surface area contributed by atoms with Crippen molar-refractivity contribution < 1.29 is 14.3 Å². The maximum atomic E-state index is 12.7. The van der Waals surface area contributed by atoms with Crippen LogP contribution in [0.3, 0.4) is 0 Å². The SMILES string of the molecule is Nc1cc(C(=O)O)c(S)cc1F. The molecule has 1 aromatic carbocycles. The lowest BCUT2D eigenvalue weighted by Gasteiger charge is -2.01. The quantitative estimate of drug-likeness (QED) is 0.460. The topological polar surface area (TPSA) is 63.3 Å². The fourth-order valence-electron chi connectivity index (χ4n) is 0.751. The van der Waals surface area contributed by atoms with Gasteiger partial charge in [-0.1, -0.05) is 0 Å². The first-order chi connectivity index (χ1) is 5.52. The predicted octanol–water partition coefficient (Wildman–Crippen LogP) is 1.39. The molecule has 0 atom stereocenters. The zero-order valence-electron chi connectivity index (χ0n) is 5.91. The van der Waals surface area contributed by atoms with Crippen LogP contribution in [0.5, 0.6) is 0 Å². The normalized spacial score (nSPS) is 9.83. The summed E-state index contributed by atoms with van der Waals surface area (Å²) in [4.78, 5) is 10.5. The van der Waals surface area contributed by atoms with E-state index in [4.69, 9.17) is 10.8 Å². The van der Waals surface area contributed by atoms with Gasteiger partial charge < -0.3 is 10.8 Å². The molecule has 0 aliphatic carbocycles. The molecule has 64 valence electrons. The minimum atomic E-state index is -1.17. The Kier molecular flexibility index (Phi) is 2.23. The summed E-state index contributed by atoms with van der Waals surface area (Å²) in [5, 5.41) is 8.55. The standard InChI is InChI=1S/C7H6FNO2S/c8-4-2-6(12)3(7(10)11)1-5(4)9/h1-2,12H,9H2,(H,10,11). The van der Waals surface area contributed by atoms with Gasteiger partial charge in [0.2, 0.25) is 0 Å². The Labute approximate surface area is 73.4 Å². The van der Waals surface area contributed by atoms with Crippen LogP contribution in [0.2, 0.25) is 0 Å². The molecule has 5 heteroatoms. The molecule has 0 saturated carbocycles. The second-order valence-corrected chi connectivity index (χ2v) is 2.68. The van der Waals surface area contributed by atoms with Gasteiger partial charge in [-0.25, -0.2) is 9.18 Å². The summed E-state index contributed by atoms with van der Waals surface area (Å²) < 4.78 is 12.7. The number of carboxylic acid groups (broad SMARTS) is 1. The number of aromatic carboxylic acids is 1. The third-order valence-corrected chi connectivity index (χ3v) is 1.72. The monoisotopic (exact) mass is 187 g/mol. The molecule has 0 saturated heterocycles. The largest absolute Gasteiger partial charge is 0.478 e. The van der Waals surface area contributed by atoms with E-state index in [1.807, 2.05) is 0 Å². The third kappa shape index (κ3) is 1.50. The summed E-state index contributed by atoms with van der Waals surface area (Å²) in [5.74, 6) is -1.84. The lowest BCUT2D eigenvalue weighted by Crippen LogP contribution is -2.01. The zero-order valence-corrected chi connectivity index (χ0v) is 6.81. The Hall–Kier alpha value is -1.23. The van der Waals surface area contributed by atoms with Crippen LogP contribution >= 0.6 is 12.6 Å². The van der Waals surface area contributed by atoms with Crippen molar-refractivity contribution in [2.75, 3.05) is 5.73 Å². The van der Waals surface area contributed by atoms with Crippen LogP contribution in [0.1, 0.15) is 10.4 Å². The molecule has 3 nitrogen and oxygen atoms in total. The number of rotatable bonds is 1. The molecule has 1 rings (SSSR count). The smallest absolute Gasteiger partial charge is 0.336 e. The second kappa shape index (κ2) is 3.02. The van der Waals surface area contributed by atoms with Crippen molar-refractivity contribution in [3.8, 4) is 0 Å². The molecule has 1 aromatic rings. The van der Waals surface area contributed by atoms with Gasteiger partial charge in [0, 0.05) is 4.90 Å². The van der Waals surface area contributed by atoms with Crippen LogP contribution < -0.4 is 5.73 Å². The Balaban J connectivity index is 3.33. The van der Waals surface area contributed by atoms with Gasteiger partial charge in [0.15, 0.2) is 0 Å². The number of benzene rings is 1. The number of anilines is 1. The Morgan fingerprint density at radius 1 is 1.58 bits per heavy atom. The summed E-state index contributed by atoms with van der Waals surface area (Å²) in [6.45, 7) is 0. The van der Waals surface area contributed by atoms with Crippen LogP contribution in [0.25, 0.3) is 0 Å². The summed E-state index contributed by atoms with van der Waals surface area (Å²) in [7, 11) is 0. The van der Waals surface area contributed by atoms with E-state index in [0.717, 1.165) is 12.1 Å². The molecule has 0 radical (unpaired) electrons. The zero-order chi connectivity index (χ0) is 9.30. The van der Waals surface area contributed by atoms with Gasteiger partial charge in [0.1, 0.15) is 5.82 Å². The fourth-order valence-corrected chi connectivity index (χ4v) is 1.02. The highest BCUT2D eigenvalue weighted by molar-refractivity contribution is 7.80. The maximum absolute atomic E-state index is 12.7. The fraction of sp³-hybridized carbons (Fsp3) is 0. The predicted molar refractivity (Wildman–Crippen MR) is 45.0 cm³/mol. The summed E-state index contributed by atoms with van der Waals surface area (Å²) >= 11 is 3.78. The lowest BCUT2D eigenvalue weighted by atomic mass is 10.2. The second-order valence-electron chi connectivity index (χ2n) is 2.20. The molecule has 0 aromatic heterocycles. The Morgan fingerprint density at radius 3 is 2.67 bits per heavy atom. The number of carboxylic acids is 1. The Morgan fingerprint density at radius 2 is 2.17 bits per heavy atom. The number of nitrogen functional groups attached to an aromatic ring is 1. The van der Waals surface area contributed by atoms with E-state index >= 15 is 0 Å². The first kappa shape index (κ1) is 8.86. The van der Waals surface area contributed by atoms with Gasteiger partial charge in [-0.15, -0.1) is 12.6 Å². The average molecular weight is 187 g/mol. The van der Waals surface area contributed by atoms with Gasteiger partial charge in [-0.3, -0.25) is 0 Å². The number of halogens is 1. The number of carbonyl (C=O) groups is 1. The van der Waals surface area contributed by atoms with Crippen molar-refractivity contribution >= 4 is 24.3 Å². The molecule has 0 bridgehead atoms. The molecular weight excluding hydrogens is 181 g/mol. The van der Waals surface area contributed by atoms with Crippen molar-refractivity contribution in [1.29, 1.82) is 0 Å². The van der Waals surface area contributed by atoms with Crippen molar-refractivity contribution in [2.45, 2.75) is 4.90 Å². The van der Waals surface area contributed by atoms with E-state index in [9.17, 15) is 9.18 Å². The van der Waals surface area contributed by atoms with Crippen molar-refractivity contribution in [2.24, 2.45) is 0 Å². The van der Waals surface area contributed by atoms with Crippen LogP contribution in [0, 0.1) is 5.82 Å². The Bertz CT molecular complexity index is 340. The summed E-state index contributed by atoms with van der Waals surface area (Å²) in [6.07, 6.45) is 0. The molecule has 0 unspecified atom stereocenters. The molecule has 0 aliphatic heterocycles. The molecular formula is C7H6FNO2S. The third-order valence-electron chi connectivity index (χ3n) is 1.35. The molecule has 12 heavy (non-hydrogen) atoms. The molecule has 0 aliphatic rings. The van der Waals surface area contributed by atoms with Crippen molar-refractivity contribution in [3.63, 3.8) is 0 Å². The number of hydrogen-bond donors (Lipinski definition) is 3. The number of thiol groups is 1. The highest BCUT2D eigenvalue weighted by Gasteiger charge is 2.10. The van der Waals surface area contributed by atoms with Crippen LogP contribution in [-0.2, 0) is 0 Å². The summed E-state index contributed by atoms with van der Waals surface area (Å²) in [5.41, 5.74) is 4.87.